The van der Waals surface area contributed by atoms with Crippen LogP contribution >= 0.6 is 0 Å². The first-order valence-corrected chi connectivity index (χ1v) is 7.56. The highest BCUT2D eigenvalue weighted by atomic mass is 19.1. The Hall–Kier alpha value is -2.53. The lowest BCUT2D eigenvalue weighted by Crippen LogP contribution is -2.23. The molecule has 0 saturated heterocycles. The van der Waals surface area contributed by atoms with Gasteiger partial charge in [0, 0.05) is 18.4 Å². The van der Waals surface area contributed by atoms with E-state index in [1.165, 1.54) is 23.4 Å². The third-order valence-electron chi connectivity index (χ3n) is 4.00. The zero-order valence-corrected chi connectivity index (χ0v) is 12.9. The maximum Gasteiger partial charge on any atom is 0.258 e. The highest BCUT2D eigenvalue weighted by Crippen LogP contribution is 2.24. The molecule has 1 amide bonds. The van der Waals surface area contributed by atoms with Crippen LogP contribution in [0.1, 0.15) is 29.3 Å². The maximum atomic E-state index is 13.6. The van der Waals surface area contributed by atoms with Gasteiger partial charge in [0.2, 0.25) is 0 Å². The van der Waals surface area contributed by atoms with E-state index in [4.69, 9.17) is 0 Å². The van der Waals surface area contributed by atoms with Crippen LogP contribution in [-0.4, -0.2) is 24.0 Å². The monoisotopic (exact) mass is 311 g/mol. The van der Waals surface area contributed by atoms with E-state index in [-0.39, 0.29) is 5.56 Å². The molecule has 2 heterocycles. The molecule has 1 aromatic heterocycles. The minimum atomic E-state index is -0.629. The predicted octanol–water partition coefficient (Wildman–Crippen LogP) is 3.24. The summed E-state index contributed by atoms with van der Waals surface area (Å²) in [5.74, 6) is -1.11. The number of anilines is 1. The van der Waals surface area contributed by atoms with Crippen LogP contribution < -0.4 is 10.6 Å². The van der Waals surface area contributed by atoms with Gasteiger partial charge in [0.05, 0.1) is 11.8 Å². The summed E-state index contributed by atoms with van der Waals surface area (Å²) in [5, 5.41) is 6.07. The summed E-state index contributed by atoms with van der Waals surface area (Å²) in [4.78, 5) is 15.7. The second-order valence-electron chi connectivity index (χ2n) is 5.57. The molecule has 118 valence electrons. The minimum Gasteiger partial charge on any atom is -0.322 e. The Morgan fingerprint density at radius 3 is 2.74 bits per heavy atom. The fourth-order valence-corrected chi connectivity index (χ4v) is 2.65. The molecule has 0 bridgehead atoms. The number of aromatic nitrogens is 1. The van der Waals surface area contributed by atoms with Gasteiger partial charge in [-0.3, -0.25) is 9.78 Å². The van der Waals surface area contributed by atoms with Crippen molar-refractivity contribution in [2.75, 3.05) is 18.4 Å². The van der Waals surface area contributed by atoms with E-state index in [0.29, 0.717) is 5.69 Å². The Balaban J connectivity index is 1.75. The van der Waals surface area contributed by atoms with Crippen LogP contribution in [0, 0.1) is 5.82 Å². The Kier molecular flexibility index (Phi) is 4.48. The Morgan fingerprint density at radius 2 is 2.04 bits per heavy atom. The Morgan fingerprint density at radius 1 is 1.26 bits per heavy atom. The van der Waals surface area contributed by atoms with Crippen LogP contribution in [0.5, 0.6) is 0 Å². The topological polar surface area (TPSA) is 54.0 Å². The number of rotatable bonds is 3. The van der Waals surface area contributed by atoms with E-state index in [1.807, 2.05) is 24.3 Å². The van der Waals surface area contributed by atoms with Crippen LogP contribution in [0.3, 0.4) is 0 Å². The van der Waals surface area contributed by atoms with Crippen molar-refractivity contribution >= 4 is 17.2 Å². The van der Waals surface area contributed by atoms with Gasteiger partial charge in [-0.2, -0.15) is 0 Å². The van der Waals surface area contributed by atoms with Gasteiger partial charge in [-0.1, -0.05) is 17.7 Å². The van der Waals surface area contributed by atoms with E-state index in [9.17, 15) is 9.18 Å². The number of hydrogen-bond acceptors (Lipinski definition) is 3. The number of carbonyl (C=O) groups is 1. The first kappa shape index (κ1) is 15.4. The Labute approximate surface area is 134 Å². The summed E-state index contributed by atoms with van der Waals surface area (Å²) in [7, 11) is 0. The van der Waals surface area contributed by atoms with Crippen molar-refractivity contribution in [1.29, 1.82) is 0 Å². The summed E-state index contributed by atoms with van der Waals surface area (Å²) >= 11 is 0. The number of nitrogens with zero attached hydrogens (tertiary/aromatic N) is 1. The average molecular weight is 311 g/mol. The predicted molar refractivity (Wildman–Crippen MR) is 88.7 cm³/mol. The van der Waals surface area contributed by atoms with Crippen LogP contribution in [0.4, 0.5) is 10.1 Å². The van der Waals surface area contributed by atoms with Crippen molar-refractivity contribution in [2.45, 2.75) is 13.3 Å². The highest BCUT2D eigenvalue weighted by molar-refractivity contribution is 6.04. The third-order valence-corrected chi connectivity index (χ3v) is 4.00. The van der Waals surface area contributed by atoms with Gasteiger partial charge >= 0.3 is 0 Å². The fourth-order valence-electron chi connectivity index (χ4n) is 2.65. The first-order valence-electron chi connectivity index (χ1n) is 7.56. The number of nitrogens with one attached hydrogen (secondary N) is 2. The van der Waals surface area contributed by atoms with Crippen LogP contribution in [-0.2, 0) is 0 Å². The van der Waals surface area contributed by atoms with E-state index < -0.39 is 11.7 Å². The summed E-state index contributed by atoms with van der Waals surface area (Å²) in [5.41, 5.74) is 4.45. The van der Waals surface area contributed by atoms with E-state index in [0.717, 1.165) is 31.3 Å². The summed E-state index contributed by atoms with van der Waals surface area (Å²) in [6.45, 7) is 4.03. The summed E-state index contributed by atoms with van der Waals surface area (Å²) in [6, 6.07) is 8.98. The summed E-state index contributed by atoms with van der Waals surface area (Å²) < 4.78 is 13.6. The molecule has 0 aliphatic carbocycles. The van der Waals surface area contributed by atoms with Gasteiger partial charge < -0.3 is 10.6 Å². The van der Waals surface area contributed by atoms with E-state index in [2.05, 4.69) is 22.5 Å². The molecule has 2 N–H and O–H groups in total. The van der Waals surface area contributed by atoms with Gasteiger partial charge in [0.25, 0.3) is 5.91 Å². The van der Waals surface area contributed by atoms with Gasteiger partial charge in [0.1, 0.15) is 0 Å². The largest absolute Gasteiger partial charge is 0.322 e. The molecular formula is C18H18FN3O. The van der Waals surface area contributed by atoms with Crippen molar-refractivity contribution in [2.24, 2.45) is 0 Å². The number of amides is 1. The normalized spacial score (nSPS) is 14.7. The molecule has 3 rings (SSSR count). The Bertz CT molecular complexity index is 753. The average Bonchev–Trinajstić information content (AvgIpc) is 2.56. The molecule has 0 atom stereocenters. The van der Waals surface area contributed by atoms with Crippen LogP contribution in [0.25, 0.3) is 5.57 Å². The number of carbonyl (C=O) groups excluding carboxylic acids is 1. The standard InChI is InChI=1S/C18H18FN3O/c1-12-6-8-20-10-16(12)13-2-4-14(5-3-13)22-18(23)15-7-9-21-11-17(15)19/h2-5,7,9,11,20H,6,8,10H2,1H3,(H,22,23). The molecule has 2 aromatic rings. The van der Waals surface area contributed by atoms with E-state index in [1.54, 1.807) is 0 Å². The van der Waals surface area contributed by atoms with Crippen molar-refractivity contribution < 1.29 is 9.18 Å². The summed E-state index contributed by atoms with van der Waals surface area (Å²) in [6.07, 6.45) is 3.48. The molecule has 0 fully saturated rings. The quantitative estimate of drug-likeness (QED) is 0.915. The fraction of sp³-hybridized carbons (Fsp3) is 0.222. The lowest BCUT2D eigenvalue weighted by Gasteiger charge is -2.19. The van der Waals surface area contributed by atoms with Crippen LogP contribution in [0.15, 0.2) is 48.3 Å². The molecule has 0 unspecified atom stereocenters. The molecule has 5 heteroatoms. The number of pyridine rings is 1. The third kappa shape index (κ3) is 3.46. The molecule has 0 radical (unpaired) electrons. The zero-order valence-electron chi connectivity index (χ0n) is 12.9. The molecule has 1 aliphatic heterocycles. The van der Waals surface area contributed by atoms with Crippen molar-refractivity contribution in [3.63, 3.8) is 0 Å². The van der Waals surface area contributed by atoms with Crippen molar-refractivity contribution in [1.82, 2.24) is 10.3 Å². The van der Waals surface area contributed by atoms with Gasteiger partial charge in [0.15, 0.2) is 5.82 Å². The molecule has 1 aromatic carbocycles. The highest BCUT2D eigenvalue weighted by Gasteiger charge is 2.13. The molecule has 23 heavy (non-hydrogen) atoms. The lowest BCUT2D eigenvalue weighted by atomic mass is 9.96. The second kappa shape index (κ2) is 6.71. The number of benzene rings is 1. The van der Waals surface area contributed by atoms with Gasteiger partial charge in [-0.15, -0.1) is 0 Å². The van der Waals surface area contributed by atoms with Gasteiger partial charge in [-0.25, -0.2) is 4.39 Å². The van der Waals surface area contributed by atoms with Crippen LogP contribution in [0.2, 0.25) is 0 Å². The number of halogens is 1. The smallest absolute Gasteiger partial charge is 0.258 e. The minimum absolute atomic E-state index is 0.0147. The van der Waals surface area contributed by atoms with Gasteiger partial charge in [-0.05, 0) is 49.2 Å². The molecule has 1 aliphatic rings. The zero-order chi connectivity index (χ0) is 16.2. The maximum absolute atomic E-state index is 13.6. The van der Waals surface area contributed by atoms with Crippen molar-refractivity contribution in [3.05, 3.63) is 65.2 Å². The SMILES string of the molecule is CC1=C(c2ccc(NC(=O)c3ccncc3F)cc2)CNCC1. The number of hydrogen-bond donors (Lipinski definition) is 2. The molecule has 0 saturated carbocycles. The molecular weight excluding hydrogens is 293 g/mol. The van der Waals surface area contributed by atoms with Crippen molar-refractivity contribution in [3.8, 4) is 0 Å². The lowest BCUT2D eigenvalue weighted by molar-refractivity contribution is 0.102. The van der Waals surface area contributed by atoms with E-state index >= 15 is 0 Å². The second-order valence-corrected chi connectivity index (χ2v) is 5.57. The first-order chi connectivity index (χ1) is 11.1. The molecule has 0 spiro atoms. The molecule has 4 nitrogen and oxygen atoms in total.